The number of rotatable bonds is 3. The lowest BCUT2D eigenvalue weighted by Crippen LogP contribution is -2.21. The first-order valence-corrected chi connectivity index (χ1v) is 6.24. The number of carbonyl (C=O) groups excluding carboxylic acids is 1. The molecule has 3 N–H and O–H groups in total. The summed E-state index contributed by atoms with van der Waals surface area (Å²) in [6, 6.07) is 3.86. The van der Waals surface area contributed by atoms with Crippen molar-refractivity contribution in [2.45, 2.75) is 27.3 Å². The van der Waals surface area contributed by atoms with Crippen LogP contribution in [0.5, 0.6) is 0 Å². The summed E-state index contributed by atoms with van der Waals surface area (Å²) in [5, 5.41) is 6.94. The van der Waals surface area contributed by atoms with E-state index in [-0.39, 0.29) is 18.1 Å². The van der Waals surface area contributed by atoms with E-state index in [1.807, 2.05) is 20.8 Å². The first-order chi connectivity index (χ1) is 9.38. The molecule has 0 fully saturated rings. The van der Waals surface area contributed by atoms with Crippen LogP contribution in [0.15, 0.2) is 18.2 Å². The topological polar surface area (TPSA) is 72.9 Å². The molecule has 0 aliphatic carbocycles. The van der Waals surface area contributed by atoms with Crippen molar-refractivity contribution < 1.29 is 9.18 Å². The number of halogens is 1. The molecule has 6 heteroatoms. The van der Waals surface area contributed by atoms with Gasteiger partial charge in [-0.1, -0.05) is 0 Å². The van der Waals surface area contributed by atoms with Gasteiger partial charge in [-0.25, -0.2) is 4.39 Å². The van der Waals surface area contributed by atoms with Crippen molar-refractivity contribution in [1.82, 2.24) is 9.78 Å². The van der Waals surface area contributed by atoms with Crippen LogP contribution in [0.25, 0.3) is 0 Å². The van der Waals surface area contributed by atoms with E-state index in [0.717, 1.165) is 17.0 Å². The fourth-order valence-electron chi connectivity index (χ4n) is 1.91. The predicted octanol–water partition coefficient (Wildman–Crippen LogP) is 2.17. The van der Waals surface area contributed by atoms with Crippen LogP contribution in [0.2, 0.25) is 0 Å². The van der Waals surface area contributed by atoms with Crippen molar-refractivity contribution in [3.8, 4) is 0 Å². The lowest BCUT2D eigenvalue weighted by atomic mass is 10.2. The molecular weight excluding hydrogens is 259 g/mol. The van der Waals surface area contributed by atoms with Crippen LogP contribution < -0.4 is 11.1 Å². The number of benzene rings is 1. The molecule has 0 saturated carbocycles. The summed E-state index contributed by atoms with van der Waals surface area (Å²) >= 11 is 0. The standard InChI is InChI=1S/C14H17FN4O/c1-8-9(2)18-19(10(8)3)7-14(20)17-13-5-4-11(15)6-12(13)16/h4-6H,7,16H2,1-3H3,(H,17,20). The van der Waals surface area contributed by atoms with E-state index in [2.05, 4.69) is 10.4 Å². The minimum absolute atomic E-state index is 0.0946. The number of nitrogen functional groups attached to an aromatic ring is 1. The molecule has 20 heavy (non-hydrogen) atoms. The molecule has 0 saturated heterocycles. The van der Waals surface area contributed by atoms with Gasteiger partial charge in [0.15, 0.2) is 0 Å². The normalized spacial score (nSPS) is 10.6. The van der Waals surface area contributed by atoms with Crippen molar-refractivity contribution in [2.75, 3.05) is 11.1 Å². The van der Waals surface area contributed by atoms with Gasteiger partial charge in [0.25, 0.3) is 0 Å². The van der Waals surface area contributed by atoms with Gasteiger partial charge in [0.05, 0.1) is 17.1 Å². The molecule has 1 aromatic heterocycles. The van der Waals surface area contributed by atoms with Crippen LogP contribution in [-0.2, 0) is 11.3 Å². The quantitative estimate of drug-likeness (QED) is 0.844. The fraction of sp³-hybridized carbons (Fsp3) is 0.286. The molecule has 2 rings (SSSR count). The maximum atomic E-state index is 12.9. The molecular formula is C14H17FN4O. The molecule has 106 valence electrons. The average Bonchev–Trinajstić information content (AvgIpc) is 2.61. The second kappa shape index (κ2) is 5.32. The molecule has 0 unspecified atom stereocenters. The molecule has 0 spiro atoms. The van der Waals surface area contributed by atoms with Crippen LogP contribution >= 0.6 is 0 Å². The zero-order chi connectivity index (χ0) is 14.9. The molecule has 0 aliphatic heterocycles. The Bertz CT molecular complexity index is 663. The summed E-state index contributed by atoms with van der Waals surface area (Å²) in [4.78, 5) is 12.0. The summed E-state index contributed by atoms with van der Waals surface area (Å²) in [5.41, 5.74) is 9.16. The molecule has 0 atom stereocenters. The summed E-state index contributed by atoms with van der Waals surface area (Å²) in [6.07, 6.45) is 0. The lowest BCUT2D eigenvalue weighted by Gasteiger charge is -2.09. The van der Waals surface area contributed by atoms with Gasteiger partial charge in [0, 0.05) is 5.69 Å². The van der Waals surface area contributed by atoms with Gasteiger partial charge in [-0.3, -0.25) is 9.48 Å². The Morgan fingerprint density at radius 2 is 2.10 bits per heavy atom. The Hall–Kier alpha value is -2.37. The van der Waals surface area contributed by atoms with Crippen LogP contribution in [0.1, 0.15) is 17.0 Å². The number of nitrogens with one attached hydrogen (secondary N) is 1. The third-order valence-corrected chi connectivity index (χ3v) is 3.32. The van der Waals surface area contributed by atoms with Crippen molar-refractivity contribution in [3.05, 3.63) is 41.0 Å². The molecule has 0 radical (unpaired) electrons. The van der Waals surface area contributed by atoms with Crippen LogP contribution in [-0.4, -0.2) is 15.7 Å². The number of aryl methyl sites for hydroxylation is 1. The Labute approximate surface area is 116 Å². The van der Waals surface area contributed by atoms with E-state index in [4.69, 9.17) is 5.73 Å². The molecule has 0 aliphatic rings. The smallest absolute Gasteiger partial charge is 0.246 e. The average molecular weight is 276 g/mol. The molecule has 5 nitrogen and oxygen atoms in total. The number of hydrogen-bond donors (Lipinski definition) is 2. The zero-order valence-electron chi connectivity index (χ0n) is 11.7. The van der Waals surface area contributed by atoms with Crippen molar-refractivity contribution in [2.24, 2.45) is 0 Å². The van der Waals surface area contributed by atoms with Crippen LogP contribution in [0, 0.1) is 26.6 Å². The Kier molecular flexibility index (Phi) is 3.74. The Morgan fingerprint density at radius 1 is 1.40 bits per heavy atom. The number of hydrogen-bond acceptors (Lipinski definition) is 3. The highest BCUT2D eigenvalue weighted by atomic mass is 19.1. The summed E-state index contributed by atoms with van der Waals surface area (Å²) < 4.78 is 14.6. The summed E-state index contributed by atoms with van der Waals surface area (Å²) in [6.45, 7) is 5.87. The van der Waals surface area contributed by atoms with Crippen molar-refractivity contribution in [1.29, 1.82) is 0 Å². The van der Waals surface area contributed by atoms with E-state index in [9.17, 15) is 9.18 Å². The van der Waals surface area contributed by atoms with Crippen LogP contribution in [0.4, 0.5) is 15.8 Å². The van der Waals surface area contributed by atoms with E-state index >= 15 is 0 Å². The first kappa shape index (κ1) is 14.0. The Balaban J connectivity index is 2.11. The van der Waals surface area contributed by atoms with Crippen LogP contribution in [0.3, 0.4) is 0 Å². The summed E-state index contributed by atoms with van der Waals surface area (Å²) in [7, 11) is 0. The maximum Gasteiger partial charge on any atom is 0.246 e. The van der Waals surface area contributed by atoms with E-state index in [1.165, 1.54) is 18.2 Å². The van der Waals surface area contributed by atoms with Gasteiger partial charge in [-0.05, 0) is 44.5 Å². The SMILES string of the molecule is Cc1nn(CC(=O)Nc2ccc(F)cc2N)c(C)c1C. The third-order valence-electron chi connectivity index (χ3n) is 3.32. The van der Waals surface area contributed by atoms with E-state index < -0.39 is 5.82 Å². The van der Waals surface area contributed by atoms with Gasteiger partial charge in [0.2, 0.25) is 5.91 Å². The molecule has 1 heterocycles. The van der Waals surface area contributed by atoms with E-state index in [0.29, 0.717) is 5.69 Å². The first-order valence-electron chi connectivity index (χ1n) is 6.24. The number of nitrogens with two attached hydrogens (primary N) is 1. The number of carbonyl (C=O) groups is 1. The van der Waals surface area contributed by atoms with E-state index in [1.54, 1.807) is 4.68 Å². The van der Waals surface area contributed by atoms with Gasteiger partial charge >= 0.3 is 0 Å². The third kappa shape index (κ3) is 2.79. The number of nitrogens with zero attached hydrogens (tertiary/aromatic N) is 2. The maximum absolute atomic E-state index is 12.9. The minimum atomic E-state index is -0.435. The summed E-state index contributed by atoms with van der Waals surface area (Å²) in [5.74, 6) is -0.691. The van der Waals surface area contributed by atoms with Gasteiger partial charge in [-0.2, -0.15) is 5.10 Å². The monoisotopic (exact) mass is 276 g/mol. The van der Waals surface area contributed by atoms with Gasteiger partial charge in [0.1, 0.15) is 12.4 Å². The number of anilines is 2. The fourth-order valence-corrected chi connectivity index (χ4v) is 1.91. The van der Waals surface area contributed by atoms with Gasteiger partial charge in [-0.15, -0.1) is 0 Å². The molecule has 1 aromatic carbocycles. The van der Waals surface area contributed by atoms with Gasteiger partial charge < -0.3 is 11.1 Å². The highest BCUT2D eigenvalue weighted by Crippen LogP contribution is 2.19. The van der Waals surface area contributed by atoms with Crippen molar-refractivity contribution >= 4 is 17.3 Å². The molecule has 2 aromatic rings. The Morgan fingerprint density at radius 3 is 2.65 bits per heavy atom. The van der Waals surface area contributed by atoms with Crippen molar-refractivity contribution in [3.63, 3.8) is 0 Å². The second-order valence-corrected chi connectivity index (χ2v) is 4.73. The number of amides is 1. The predicted molar refractivity (Wildman–Crippen MR) is 75.9 cm³/mol. The lowest BCUT2D eigenvalue weighted by molar-refractivity contribution is -0.116. The molecule has 1 amide bonds. The highest BCUT2D eigenvalue weighted by Gasteiger charge is 2.12. The second-order valence-electron chi connectivity index (χ2n) is 4.73. The highest BCUT2D eigenvalue weighted by molar-refractivity contribution is 5.93. The minimum Gasteiger partial charge on any atom is -0.397 e. The molecule has 0 bridgehead atoms. The number of aromatic nitrogens is 2. The largest absolute Gasteiger partial charge is 0.397 e. The zero-order valence-corrected chi connectivity index (χ0v) is 11.7.